The zero-order valence-corrected chi connectivity index (χ0v) is 18.3. The first-order chi connectivity index (χ1) is 14.9. The van der Waals surface area contributed by atoms with E-state index in [0.717, 1.165) is 22.9 Å². The van der Waals surface area contributed by atoms with Gasteiger partial charge in [-0.15, -0.1) is 0 Å². The Labute approximate surface area is 185 Å². The lowest BCUT2D eigenvalue weighted by molar-refractivity contribution is -0.148. The summed E-state index contributed by atoms with van der Waals surface area (Å²) >= 11 is 1.08. The molecule has 0 spiro atoms. The van der Waals surface area contributed by atoms with E-state index in [1.54, 1.807) is 13.0 Å². The molecule has 1 aliphatic heterocycles. The lowest BCUT2D eigenvalue weighted by atomic mass is 9.99. The van der Waals surface area contributed by atoms with Crippen molar-refractivity contribution in [1.29, 1.82) is 0 Å². The molecule has 3 rings (SSSR count). The number of carbonyl (C=O) groups excluding carboxylic acids is 3. The van der Waals surface area contributed by atoms with E-state index in [-0.39, 0.29) is 24.4 Å². The highest BCUT2D eigenvalue weighted by molar-refractivity contribution is 8.13. The van der Waals surface area contributed by atoms with Gasteiger partial charge in [-0.1, -0.05) is 48.2 Å². The number of thioether (sulfide) groups is 1. The number of hydrogen-bond acceptors (Lipinski definition) is 7. The summed E-state index contributed by atoms with van der Waals surface area (Å²) in [5.74, 6) is 0.278. The Kier molecular flexibility index (Phi) is 7.94. The third kappa shape index (κ3) is 6.75. The van der Waals surface area contributed by atoms with Crippen LogP contribution in [0, 0.1) is 5.92 Å². The van der Waals surface area contributed by atoms with E-state index in [9.17, 15) is 14.4 Å². The first-order valence-corrected chi connectivity index (χ1v) is 10.9. The van der Waals surface area contributed by atoms with E-state index >= 15 is 0 Å². The second-order valence-electron chi connectivity index (χ2n) is 7.21. The SMILES string of the molecule is CC(=O)SC[C@@H](Cc1ccc2c(c1)OCO2)C(=O)N[C@@H](C)C(=O)OCc1ccccc1. The van der Waals surface area contributed by atoms with E-state index in [0.29, 0.717) is 23.7 Å². The minimum Gasteiger partial charge on any atom is -0.459 e. The molecule has 1 amide bonds. The van der Waals surface area contributed by atoms with Gasteiger partial charge in [0.25, 0.3) is 0 Å². The van der Waals surface area contributed by atoms with Crippen LogP contribution in [-0.2, 0) is 32.1 Å². The quantitative estimate of drug-likeness (QED) is 0.596. The topological polar surface area (TPSA) is 90.9 Å². The molecule has 7 nitrogen and oxygen atoms in total. The third-order valence-electron chi connectivity index (χ3n) is 4.71. The van der Waals surface area contributed by atoms with Gasteiger partial charge in [0, 0.05) is 12.7 Å². The molecule has 1 heterocycles. The Hall–Kier alpha value is -3.00. The number of carbonyl (C=O) groups is 3. The van der Waals surface area contributed by atoms with E-state index in [1.165, 1.54) is 6.92 Å². The van der Waals surface area contributed by atoms with Gasteiger partial charge < -0.3 is 19.5 Å². The molecule has 0 saturated heterocycles. The second-order valence-corrected chi connectivity index (χ2v) is 8.41. The van der Waals surface area contributed by atoms with Crippen LogP contribution in [0.5, 0.6) is 11.5 Å². The van der Waals surface area contributed by atoms with Gasteiger partial charge in [-0.25, -0.2) is 4.79 Å². The average Bonchev–Trinajstić information content (AvgIpc) is 3.23. The van der Waals surface area contributed by atoms with Crippen molar-refractivity contribution < 1.29 is 28.6 Å². The maximum Gasteiger partial charge on any atom is 0.328 e. The monoisotopic (exact) mass is 443 g/mol. The van der Waals surface area contributed by atoms with Crippen molar-refractivity contribution >= 4 is 28.8 Å². The summed E-state index contributed by atoms with van der Waals surface area (Å²) in [6.07, 6.45) is 0.397. The molecule has 31 heavy (non-hydrogen) atoms. The van der Waals surface area contributed by atoms with Crippen molar-refractivity contribution in [1.82, 2.24) is 5.32 Å². The maximum atomic E-state index is 12.9. The predicted octanol–water partition coefficient (Wildman–Crippen LogP) is 3.10. The molecule has 2 atom stereocenters. The fraction of sp³-hybridized carbons (Fsp3) is 0.348. The molecule has 0 radical (unpaired) electrons. The number of ether oxygens (including phenoxy) is 3. The van der Waals surface area contributed by atoms with Crippen LogP contribution in [0.2, 0.25) is 0 Å². The molecule has 0 saturated carbocycles. The fourth-order valence-electron chi connectivity index (χ4n) is 3.04. The van der Waals surface area contributed by atoms with E-state index in [4.69, 9.17) is 14.2 Å². The van der Waals surface area contributed by atoms with Crippen LogP contribution < -0.4 is 14.8 Å². The Morgan fingerprint density at radius 1 is 1.06 bits per heavy atom. The molecule has 2 aromatic carbocycles. The van der Waals surface area contributed by atoms with E-state index in [2.05, 4.69) is 5.32 Å². The number of hydrogen-bond donors (Lipinski definition) is 1. The fourth-order valence-corrected chi connectivity index (χ4v) is 3.75. The van der Waals surface area contributed by atoms with Gasteiger partial charge in [0.15, 0.2) is 16.6 Å². The summed E-state index contributed by atoms with van der Waals surface area (Å²) in [5, 5.41) is 2.65. The standard InChI is InChI=1S/C23H25NO6S/c1-15(23(27)28-12-17-6-4-3-5-7-17)24-22(26)19(13-31-16(2)25)10-18-8-9-20-21(11-18)30-14-29-20/h3-9,11,15,19H,10,12-14H2,1-2H3,(H,24,26)/t15-,19+/m0/s1. The maximum absolute atomic E-state index is 12.9. The van der Waals surface area contributed by atoms with E-state index < -0.39 is 17.9 Å². The minimum absolute atomic E-state index is 0.0706. The summed E-state index contributed by atoms with van der Waals surface area (Å²) in [6, 6.07) is 14.0. The van der Waals surface area contributed by atoms with Gasteiger partial charge in [0.05, 0.1) is 5.92 Å². The van der Waals surface area contributed by atoms with Gasteiger partial charge in [-0.05, 0) is 36.6 Å². The Bertz CT molecular complexity index is 933. The van der Waals surface area contributed by atoms with Gasteiger partial charge >= 0.3 is 5.97 Å². The molecular formula is C23H25NO6S. The number of benzene rings is 2. The van der Waals surface area contributed by atoms with E-state index in [1.807, 2.05) is 42.5 Å². The van der Waals surface area contributed by atoms with Crippen molar-refractivity contribution in [2.45, 2.75) is 32.9 Å². The molecule has 0 aromatic heterocycles. The first-order valence-electron chi connectivity index (χ1n) is 9.95. The number of esters is 1. The molecule has 1 aliphatic rings. The Morgan fingerprint density at radius 2 is 1.81 bits per heavy atom. The predicted molar refractivity (Wildman–Crippen MR) is 117 cm³/mol. The third-order valence-corrected chi connectivity index (χ3v) is 5.69. The van der Waals surface area contributed by atoms with Gasteiger partial charge in [-0.2, -0.15) is 0 Å². The van der Waals surface area contributed by atoms with Gasteiger partial charge in [0.2, 0.25) is 12.7 Å². The number of amides is 1. The van der Waals surface area contributed by atoms with Crippen molar-refractivity contribution in [3.63, 3.8) is 0 Å². The van der Waals surface area contributed by atoms with Crippen LogP contribution in [-0.4, -0.2) is 35.6 Å². The Balaban J connectivity index is 1.59. The van der Waals surface area contributed by atoms with Crippen LogP contribution in [0.4, 0.5) is 0 Å². The summed E-state index contributed by atoms with van der Waals surface area (Å²) in [4.78, 5) is 36.6. The smallest absolute Gasteiger partial charge is 0.328 e. The molecule has 8 heteroatoms. The molecule has 0 bridgehead atoms. The van der Waals surface area contributed by atoms with Gasteiger partial charge in [0.1, 0.15) is 12.6 Å². The molecule has 2 aromatic rings. The molecule has 1 N–H and O–H groups in total. The summed E-state index contributed by atoms with van der Waals surface area (Å²) in [6.45, 7) is 3.36. The highest BCUT2D eigenvalue weighted by Crippen LogP contribution is 2.33. The van der Waals surface area contributed by atoms with Gasteiger partial charge in [-0.3, -0.25) is 9.59 Å². The molecule has 0 unspecified atom stereocenters. The number of nitrogens with one attached hydrogen (secondary N) is 1. The lowest BCUT2D eigenvalue weighted by Crippen LogP contribution is -2.43. The first kappa shape index (κ1) is 22.7. The van der Waals surface area contributed by atoms with Crippen LogP contribution in [0.25, 0.3) is 0 Å². The lowest BCUT2D eigenvalue weighted by Gasteiger charge is -2.19. The largest absolute Gasteiger partial charge is 0.459 e. The van der Waals surface area contributed by atoms with Crippen molar-refractivity contribution in [2.24, 2.45) is 5.92 Å². The van der Waals surface area contributed by atoms with Crippen LogP contribution in [0.15, 0.2) is 48.5 Å². The zero-order chi connectivity index (χ0) is 22.2. The van der Waals surface area contributed by atoms with Crippen LogP contribution in [0.1, 0.15) is 25.0 Å². The van der Waals surface area contributed by atoms with Crippen molar-refractivity contribution in [3.8, 4) is 11.5 Å². The second kappa shape index (κ2) is 10.9. The Morgan fingerprint density at radius 3 is 2.55 bits per heavy atom. The van der Waals surface area contributed by atoms with Crippen LogP contribution >= 0.6 is 11.8 Å². The van der Waals surface area contributed by atoms with Crippen LogP contribution in [0.3, 0.4) is 0 Å². The molecule has 0 aliphatic carbocycles. The zero-order valence-electron chi connectivity index (χ0n) is 17.5. The molecule has 164 valence electrons. The normalized spacial score (nSPS) is 13.9. The molecule has 0 fully saturated rings. The summed E-state index contributed by atoms with van der Waals surface area (Å²) < 4.78 is 16.0. The summed E-state index contributed by atoms with van der Waals surface area (Å²) in [5.41, 5.74) is 1.75. The minimum atomic E-state index is -0.808. The average molecular weight is 444 g/mol. The van der Waals surface area contributed by atoms with Crippen molar-refractivity contribution in [3.05, 3.63) is 59.7 Å². The number of fused-ring (bicyclic) bond motifs is 1. The highest BCUT2D eigenvalue weighted by Gasteiger charge is 2.25. The molecular weight excluding hydrogens is 418 g/mol. The highest BCUT2D eigenvalue weighted by atomic mass is 32.2. The number of rotatable bonds is 9. The van der Waals surface area contributed by atoms with Crippen molar-refractivity contribution in [2.75, 3.05) is 12.5 Å². The summed E-state index contributed by atoms with van der Waals surface area (Å²) in [7, 11) is 0.